The second-order valence-corrected chi connectivity index (χ2v) is 8.02. The molecule has 1 aliphatic rings. The van der Waals surface area contributed by atoms with Gasteiger partial charge in [-0.2, -0.15) is 0 Å². The Bertz CT molecular complexity index is 610. The first-order valence-corrected chi connectivity index (χ1v) is 10.9. The van der Waals surface area contributed by atoms with Gasteiger partial charge in [0.2, 0.25) is 5.91 Å². The highest BCUT2D eigenvalue weighted by Gasteiger charge is 2.43. The zero-order valence-electron chi connectivity index (χ0n) is 15.6. The summed E-state index contributed by atoms with van der Waals surface area (Å²) in [6, 6.07) is 7.00. The number of unbranched alkanes of at least 4 members (excludes halogenated alkanes) is 3. The molecule has 26 heavy (non-hydrogen) atoms. The molecule has 1 heterocycles. The maximum Gasteiger partial charge on any atom is 0.329 e. The third-order valence-corrected chi connectivity index (χ3v) is 6.12. The summed E-state index contributed by atoms with van der Waals surface area (Å²) in [5.74, 6) is 0.246. The molecule has 0 N–H and O–H groups in total. The Morgan fingerprint density at radius 1 is 1.19 bits per heavy atom. The van der Waals surface area contributed by atoms with Crippen LogP contribution in [0, 0.1) is 0 Å². The summed E-state index contributed by atoms with van der Waals surface area (Å²) < 4.78 is 5.41. The van der Waals surface area contributed by atoms with E-state index in [-0.39, 0.29) is 17.3 Å². The summed E-state index contributed by atoms with van der Waals surface area (Å²) in [5.41, 5.74) is 0.881. The molecule has 6 heteroatoms. The molecule has 0 saturated carbocycles. The number of amides is 1. The van der Waals surface area contributed by atoms with Gasteiger partial charge < -0.3 is 9.64 Å². The van der Waals surface area contributed by atoms with Gasteiger partial charge in [-0.15, -0.1) is 11.8 Å². The summed E-state index contributed by atoms with van der Waals surface area (Å²) in [6.07, 6.45) is 5.16. The predicted octanol–water partition coefficient (Wildman–Crippen LogP) is 5.21. The molecule has 4 nitrogen and oxygen atoms in total. The molecule has 2 rings (SSSR count). The largest absolute Gasteiger partial charge is 0.464 e. The van der Waals surface area contributed by atoms with E-state index in [4.69, 9.17) is 16.3 Å². The van der Waals surface area contributed by atoms with Crippen LogP contribution in [0.25, 0.3) is 0 Å². The third kappa shape index (κ3) is 5.40. The van der Waals surface area contributed by atoms with Crippen LogP contribution in [-0.2, 0) is 14.3 Å². The molecule has 1 amide bonds. The average molecular weight is 398 g/mol. The number of halogens is 1. The zero-order valence-corrected chi connectivity index (χ0v) is 17.2. The Kier molecular flexibility index (Phi) is 8.79. The fourth-order valence-corrected chi connectivity index (χ4v) is 4.75. The minimum Gasteiger partial charge on any atom is -0.464 e. The molecule has 1 fully saturated rings. The molecule has 0 aliphatic carbocycles. The Morgan fingerprint density at radius 3 is 2.62 bits per heavy atom. The summed E-state index contributed by atoms with van der Waals surface area (Å²) >= 11 is 7.94. The predicted molar refractivity (Wildman–Crippen MR) is 107 cm³/mol. The van der Waals surface area contributed by atoms with E-state index in [1.165, 1.54) is 0 Å². The SMILES string of the molecule is CCCCCC(=O)N1[C@@H](C(=O)OCCCC)CS[C@H]1c1ccccc1Cl. The topological polar surface area (TPSA) is 46.6 Å². The average Bonchev–Trinajstić information content (AvgIpc) is 3.07. The van der Waals surface area contributed by atoms with Crippen molar-refractivity contribution in [3.05, 3.63) is 34.9 Å². The van der Waals surface area contributed by atoms with Crippen molar-refractivity contribution < 1.29 is 14.3 Å². The van der Waals surface area contributed by atoms with Gasteiger partial charge in [-0.05, 0) is 18.9 Å². The molecule has 0 radical (unpaired) electrons. The van der Waals surface area contributed by atoms with Gasteiger partial charge >= 0.3 is 5.97 Å². The third-order valence-electron chi connectivity index (χ3n) is 4.47. The number of carbonyl (C=O) groups is 2. The van der Waals surface area contributed by atoms with Crippen LogP contribution in [0.5, 0.6) is 0 Å². The van der Waals surface area contributed by atoms with E-state index in [1.807, 2.05) is 24.3 Å². The van der Waals surface area contributed by atoms with E-state index >= 15 is 0 Å². The quantitative estimate of drug-likeness (QED) is 0.424. The molecule has 0 bridgehead atoms. The molecular formula is C20H28ClNO3S. The lowest BCUT2D eigenvalue weighted by molar-refractivity contribution is -0.154. The van der Waals surface area contributed by atoms with Crippen molar-refractivity contribution in [2.24, 2.45) is 0 Å². The number of nitrogens with zero attached hydrogens (tertiary/aromatic N) is 1. The number of benzene rings is 1. The van der Waals surface area contributed by atoms with Gasteiger partial charge in [0.15, 0.2) is 0 Å². The van der Waals surface area contributed by atoms with Crippen LogP contribution in [0.1, 0.15) is 63.3 Å². The standard InChI is InChI=1S/C20H28ClNO3S/c1-3-5-7-12-18(23)22-17(20(24)25-13-6-4-2)14-26-19(22)15-10-8-9-11-16(15)21/h8-11,17,19H,3-7,12-14H2,1-2H3/t17-,19+/m1/s1. The first kappa shape index (κ1) is 21.1. The number of thioether (sulfide) groups is 1. The Hall–Kier alpha value is -1.20. The molecular weight excluding hydrogens is 370 g/mol. The molecule has 0 unspecified atom stereocenters. The molecule has 1 saturated heterocycles. The van der Waals surface area contributed by atoms with E-state index in [1.54, 1.807) is 16.7 Å². The second kappa shape index (κ2) is 10.8. The number of rotatable bonds is 9. The van der Waals surface area contributed by atoms with Crippen LogP contribution in [0.4, 0.5) is 0 Å². The van der Waals surface area contributed by atoms with Gasteiger partial charge in [0, 0.05) is 22.8 Å². The van der Waals surface area contributed by atoms with Crippen molar-refractivity contribution in [3.8, 4) is 0 Å². The monoisotopic (exact) mass is 397 g/mol. The van der Waals surface area contributed by atoms with Crippen molar-refractivity contribution in [3.63, 3.8) is 0 Å². The van der Waals surface area contributed by atoms with Gasteiger partial charge in [0.1, 0.15) is 11.4 Å². The summed E-state index contributed by atoms with van der Waals surface area (Å²) in [5, 5.41) is 0.387. The summed E-state index contributed by atoms with van der Waals surface area (Å²) in [6.45, 7) is 4.57. The Balaban J connectivity index is 2.18. The van der Waals surface area contributed by atoms with Crippen molar-refractivity contribution in [2.45, 2.75) is 63.8 Å². The summed E-state index contributed by atoms with van der Waals surface area (Å²) in [7, 11) is 0. The number of carbonyl (C=O) groups excluding carboxylic acids is 2. The van der Waals surface area contributed by atoms with Crippen LogP contribution < -0.4 is 0 Å². The van der Waals surface area contributed by atoms with E-state index in [9.17, 15) is 9.59 Å². The molecule has 0 spiro atoms. The molecule has 0 aromatic heterocycles. The normalized spacial score (nSPS) is 19.6. The van der Waals surface area contributed by atoms with Gasteiger partial charge in [0.05, 0.1) is 6.61 Å². The Morgan fingerprint density at radius 2 is 1.92 bits per heavy atom. The van der Waals surface area contributed by atoms with Gasteiger partial charge in [0.25, 0.3) is 0 Å². The Labute approximate surface area is 165 Å². The van der Waals surface area contributed by atoms with Crippen LogP contribution in [0.3, 0.4) is 0 Å². The van der Waals surface area contributed by atoms with E-state index in [2.05, 4.69) is 13.8 Å². The smallest absolute Gasteiger partial charge is 0.329 e. The lowest BCUT2D eigenvalue weighted by Crippen LogP contribution is -2.43. The number of esters is 1. The lowest BCUT2D eigenvalue weighted by atomic mass is 10.1. The first-order chi connectivity index (χ1) is 12.6. The van der Waals surface area contributed by atoms with Crippen molar-refractivity contribution >= 4 is 35.2 Å². The van der Waals surface area contributed by atoms with Crippen molar-refractivity contribution in [2.75, 3.05) is 12.4 Å². The van der Waals surface area contributed by atoms with Gasteiger partial charge in [-0.25, -0.2) is 4.79 Å². The van der Waals surface area contributed by atoms with Crippen LogP contribution in [0.2, 0.25) is 5.02 Å². The molecule has 1 aromatic rings. The first-order valence-electron chi connectivity index (χ1n) is 9.44. The lowest BCUT2D eigenvalue weighted by Gasteiger charge is -2.29. The van der Waals surface area contributed by atoms with Crippen LogP contribution >= 0.6 is 23.4 Å². The van der Waals surface area contributed by atoms with Crippen LogP contribution in [0.15, 0.2) is 24.3 Å². The minimum absolute atomic E-state index is 0.00538. The zero-order chi connectivity index (χ0) is 18.9. The van der Waals surface area contributed by atoms with Gasteiger partial charge in [-0.1, -0.05) is 62.9 Å². The van der Waals surface area contributed by atoms with E-state index in [0.29, 0.717) is 23.8 Å². The second-order valence-electron chi connectivity index (χ2n) is 6.50. The fourth-order valence-electron chi connectivity index (χ4n) is 2.98. The number of ether oxygens (including phenoxy) is 1. The molecule has 2 atom stereocenters. The molecule has 1 aromatic carbocycles. The maximum atomic E-state index is 12.9. The minimum atomic E-state index is -0.535. The van der Waals surface area contributed by atoms with Crippen LogP contribution in [-0.4, -0.2) is 35.2 Å². The van der Waals surface area contributed by atoms with E-state index < -0.39 is 6.04 Å². The maximum absolute atomic E-state index is 12.9. The highest BCUT2D eigenvalue weighted by molar-refractivity contribution is 7.99. The fraction of sp³-hybridized carbons (Fsp3) is 0.600. The van der Waals surface area contributed by atoms with E-state index in [0.717, 1.165) is 37.7 Å². The van der Waals surface area contributed by atoms with Crippen molar-refractivity contribution in [1.29, 1.82) is 0 Å². The van der Waals surface area contributed by atoms with Crippen molar-refractivity contribution in [1.82, 2.24) is 4.90 Å². The highest BCUT2D eigenvalue weighted by atomic mass is 35.5. The highest BCUT2D eigenvalue weighted by Crippen LogP contribution is 2.44. The molecule has 1 aliphatic heterocycles. The summed E-state index contributed by atoms with van der Waals surface area (Å²) in [4.78, 5) is 27.2. The number of hydrogen-bond acceptors (Lipinski definition) is 4. The number of hydrogen-bond donors (Lipinski definition) is 0. The molecule has 144 valence electrons. The van der Waals surface area contributed by atoms with Gasteiger partial charge in [-0.3, -0.25) is 4.79 Å².